The van der Waals surface area contributed by atoms with Gasteiger partial charge in [-0.2, -0.15) is 0 Å². The smallest absolute Gasteiger partial charge is 0.229 e. The number of hydrogen-bond acceptors (Lipinski definition) is 4. The van der Waals surface area contributed by atoms with E-state index in [1.807, 2.05) is 0 Å². The highest BCUT2D eigenvalue weighted by atomic mass is 35.5. The van der Waals surface area contributed by atoms with Crippen LogP contribution in [0.15, 0.2) is 54.2 Å². The van der Waals surface area contributed by atoms with Gasteiger partial charge < -0.3 is 10.7 Å². The minimum Gasteiger partial charge on any atom is -0.324 e. The zero-order chi connectivity index (χ0) is 21.6. The van der Waals surface area contributed by atoms with Crippen molar-refractivity contribution in [2.75, 3.05) is 4.90 Å². The molecule has 2 aromatic rings. The Hall–Kier alpha value is -3.39. The highest BCUT2D eigenvalue weighted by molar-refractivity contribution is 6.31. The molecule has 0 fully saturated rings. The van der Waals surface area contributed by atoms with E-state index >= 15 is 0 Å². The van der Waals surface area contributed by atoms with Crippen molar-refractivity contribution in [3.05, 3.63) is 76.5 Å². The van der Waals surface area contributed by atoms with Crippen molar-refractivity contribution in [3.8, 4) is 0 Å². The Labute approximate surface area is 170 Å². The van der Waals surface area contributed by atoms with Gasteiger partial charge in [0.05, 0.1) is 17.8 Å². The molecule has 0 unspecified atom stereocenters. The average Bonchev–Trinajstić information content (AvgIpc) is 2.63. The summed E-state index contributed by atoms with van der Waals surface area (Å²) in [6.45, 7) is 1.20. The van der Waals surface area contributed by atoms with Crippen molar-refractivity contribution in [1.82, 2.24) is 5.32 Å². The molecule has 0 saturated heterocycles. The predicted octanol–water partition coefficient (Wildman–Crippen LogP) is 3.84. The second-order valence-electron chi connectivity index (χ2n) is 5.92. The second kappa shape index (κ2) is 9.70. The number of benzene rings is 2. The van der Waals surface area contributed by atoms with Gasteiger partial charge in [-0.15, -0.1) is 0 Å². The number of amides is 2. The zero-order valence-electron chi connectivity index (χ0n) is 15.3. The fourth-order valence-electron chi connectivity index (χ4n) is 2.47. The van der Waals surface area contributed by atoms with Crippen LogP contribution in [0.25, 0.3) is 0 Å². The zero-order valence-corrected chi connectivity index (χ0v) is 16.1. The van der Waals surface area contributed by atoms with Gasteiger partial charge in [0, 0.05) is 24.2 Å². The number of nitrogens with zero attached hydrogens (tertiary/aromatic N) is 1. The normalized spacial score (nSPS) is 11.0. The fraction of sp³-hybridized carbons (Fsp3) is 0.100. The summed E-state index contributed by atoms with van der Waals surface area (Å²) in [6, 6.07) is 8.75. The number of anilines is 1. The summed E-state index contributed by atoms with van der Waals surface area (Å²) in [7, 11) is 0. The lowest BCUT2D eigenvalue weighted by Gasteiger charge is -2.20. The molecule has 2 amide bonds. The molecule has 0 spiro atoms. The van der Waals surface area contributed by atoms with Crippen LogP contribution >= 0.6 is 11.6 Å². The molecule has 29 heavy (non-hydrogen) atoms. The summed E-state index contributed by atoms with van der Waals surface area (Å²) in [4.78, 5) is 25.1. The highest BCUT2D eigenvalue weighted by Gasteiger charge is 2.17. The summed E-state index contributed by atoms with van der Waals surface area (Å²) in [5, 5.41) is 18.1. The maximum Gasteiger partial charge on any atom is 0.229 e. The summed E-state index contributed by atoms with van der Waals surface area (Å²) in [6.07, 6.45) is 1.70. The van der Waals surface area contributed by atoms with E-state index in [2.05, 4.69) is 5.32 Å². The largest absolute Gasteiger partial charge is 0.324 e. The van der Waals surface area contributed by atoms with Crippen molar-refractivity contribution in [2.24, 2.45) is 0 Å². The third-order valence-electron chi connectivity index (χ3n) is 3.72. The molecular formula is C20H17ClF2N4O2. The number of amidine groups is 1. The molecule has 0 radical (unpaired) electrons. The van der Waals surface area contributed by atoms with E-state index in [1.54, 1.807) is 0 Å². The van der Waals surface area contributed by atoms with E-state index in [1.165, 1.54) is 37.3 Å². The third-order valence-corrected chi connectivity index (χ3v) is 4.07. The first-order valence-corrected chi connectivity index (χ1v) is 8.70. The van der Waals surface area contributed by atoms with E-state index in [4.69, 9.17) is 22.4 Å². The van der Waals surface area contributed by atoms with Crippen LogP contribution in [0.3, 0.4) is 0 Å². The molecule has 0 saturated carbocycles. The molecule has 3 N–H and O–H groups in total. The number of halogens is 3. The average molecular weight is 419 g/mol. The predicted molar refractivity (Wildman–Crippen MR) is 107 cm³/mol. The monoisotopic (exact) mass is 418 g/mol. The van der Waals surface area contributed by atoms with Gasteiger partial charge in [0.15, 0.2) is 0 Å². The first kappa shape index (κ1) is 21.9. The summed E-state index contributed by atoms with van der Waals surface area (Å²) in [5.74, 6) is -2.59. The van der Waals surface area contributed by atoms with Crippen LogP contribution in [0.5, 0.6) is 0 Å². The van der Waals surface area contributed by atoms with Crippen LogP contribution < -0.4 is 10.2 Å². The first-order chi connectivity index (χ1) is 13.7. The van der Waals surface area contributed by atoms with Crippen LogP contribution in [-0.4, -0.2) is 23.9 Å². The lowest BCUT2D eigenvalue weighted by Crippen LogP contribution is -2.35. The van der Waals surface area contributed by atoms with Crippen molar-refractivity contribution >= 4 is 41.2 Å². The van der Waals surface area contributed by atoms with Gasteiger partial charge in [0.25, 0.3) is 0 Å². The highest BCUT2D eigenvalue weighted by Crippen LogP contribution is 2.18. The Kier molecular flexibility index (Phi) is 7.33. The Morgan fingerprint density at radius 2 is 1.86 bits per heavy atom. The quantitative estimate of drug-likeness (QED) is 0.490. The van der Waals surface area contributed by atoms with Crippen molar-refractivity contribution in [3.63, 3.8) is 0 Å². The first-order valence-electron chi connectivity index (χ1n) is 8.32. The summed E-state index contributed by atoms with van der Waals surface area (Å²) < 4.78 is 26.6. The maximum atomic E-state index is 13.5. The SMILES string of the molecule is CC(=O)N(C(=N)/C=C(\C=N)NC(=O)Cc1ccc(F)cc1Cl)c1cccc(F)c1. The minimum atomic E-state index is -0.581. The molecule has 2 aromatic carbocycles. The van der Waals surface area contributed by atoms with Gasteiger partial charge >= 0.3 is 0 Å². The number of hydrogen-bond donors (Lipinski definition) is 3. The number of carbonyl (C=O) groups excluding carboxylic acids is 2. The van der Waals surface area contributed by atoms with Crippen LogP contribution in [0.1, 0.15) is 12.5 Å². The lowest BCUT2D eigenvalue weighted by molar-refractivity contribution is -0.119. The molecule has 0 heterocycles. The van der Waals surface area contributed by atoms with E-state index < -0.39 is 23.4 Å². The maximum absolute atomic E-state index is 13.5. The van der Waals surface area contributed by atoms with Crippen LogP contribution in [0.2, 0.25) is 5.02 Å². The summed E-state index contributed by atoms with van der Waals surface area (Å²) >= 11 is 5.90. The van der Waals surface area contributed by atoms with E-state index in [9.17, 15) is 18.4 Å². The third kappa shape index (κ3) is 6.05. The number of nitrogens with one attached hydrogen (secondary N) is 3. The molecule has 6 nitrogen and oxygen atoms in total. The fourth-order valence-corrected chi connectivity index (χ4v) is 2.71. The Balaban J connectivity index is 2.18. The van der Waals surface area contributed by atoms with Crippen LogP contribution in [0.4, 0.5) is 14.5 Å². The van der Waals surface area contributed by atoms with Crippen LogP contribution in [0, 0.1) is 22.5 Å². The molecule has 2 rings (SSSR count). The van der Waals surface area contributed by atoms with E-state index in [0.29, 0.717) is 5.56 Å². The molecule has 0 atom stereocenters. The molecule has 0 aromatic heterocycles. The molecule has 0 bridgehead atoms. The van der Waals surface area contributed by atoms with Gasteiger partial charge in [-0.3, -0.25) is 19.9 Å². The standard InChI is InChI=1S/C20H17ClF2N4O2/c1-12(28)27(17-4-2-3-14(22)8-17)19(25)10-16(11-24)26-20(29)7-13-5-6-15(23)9-18(13)21/h2-6,8-11,24-25H,7H2,1H3,(H,26,29)/b16-10+,24-11?,25-19?. The molecule has 0 aliphatic carbocycles. The van der Waals surface area contributed by atoms with Gasteiger partial charge in [-0.1, -0.05) is 23.7 Å². The number of rotatable bonds is 6. The second-order valence-corrected chi connectivity index (χ2v) is 6.33. The van der Waals surface area contributed by atoms with Crippen molar-refractivity contribution in [2.45, 2.75) is 13.3 Å². The Morgan fingerprint density at radius 3 is 2.45 bits per heavy atom. The van der Waals surface area contributed by atoms with Crippen LogP contribution in [-0.2, 0) is 16.0 Å². The van der Waals surface area contributed by atoms with Crippen molar-refractivity contribution in [1.29, 1.82) is 10.8 Å². The molecule has 0 aliphatic rings. The number of allylic oxidation sites excluding steroid dienone is 1. The van der Waals surface area contributed by atoms with E-state index in [-0.39, 0.29) is 28.7 Å². The van der Waals surface area contributed by atoms with Gasteiger partial charge in [0.1, 0.15) is 17.5 Å². The topological polar surface area (TPSA) is 97.1 Å². The lowest BCUT2D eigenvalue weighted by atomic mass is 10.1. The van der Waals surface area contributed by atoms with Crippen molar-refractivity contribution < 1.29 is 18.4 Å². The minimum absolute atomic E-state index is 0.0686. The van der Waals surface area contributed by atoms with E-state index in [0.717, 1.165) is 29.3 Å². The Morgan fingerprint density at radius 1 is 1.17 bits per heavy atom. The van der Waals surface area contributed by atoms with Gasteiger partial charge in [-0.05, 0) is 35.9 Å². The van der Waals surface area contributed by atoms with Gasteiger partial charge in [0.2, 0.25) is 11.8 Å². The Bertz CT molecular complexity index is 1010. The van der Waals surface area contributed by atoms with Gasteiger partial charge in [-0.25, -0.2) is 8.78 Å². The molecule has 0 aliphatic heterocycles. The molecule has 9 heteroatoms. The molecular weight excluding hydrogens is 402 g/mol. The summed E-state index contributed by atoms with van der Waals surface area (Å²) in [5.41, 5.74) is 0.448. The number of carbonyl (C=O) groups is 2. The molecule has 150 valence electrons.